The summed E-state index contributed by atoms with van der Waals surface area (Å²) in [7, 11) is 0. The maximum Gasteiger partial charge on any atom is 0.335 e. The van der Waals surface area contributed by atoms with Crippen LogP contribution in [0.2, 0.25) is 0 Å². The van der Waals surface area contributed by atoms with Gasteiger partial charge in [-0.05, 0) is 24.6 Å². The Bertz CT molecular complexity index is 667. The quantitative estimate of drug-likeness (QED) is 0.798. The van der Waals surface area contributed by atoms with Crippen molar-refractivity contribution < 1.29 is 14.7 Å². The van der Waals surface area contributed by atoms with Crippen LogP contribution in [0.4, 0.5) is 10.8 Å². The fraction of sp³-hybridized carbons (Fsp3) is 0.154. The lowest BCUT2D eigenvalue weighted by Gasteiger charge is -2.08. The van der Waals surface area contributed by atoms with Crippen LogP contribution < -0.4 is 11.1 Å². The van der Waals surface area contributed by atoms with Crippen LogP contribution in [0.5, 0.6) is 0 Å². The minimum absolute atomic E-state index is 0.102. The molecule has 104 valence electrons. The molecule has 0 aliphatic heterocycles. The molecule has 1 heterocycles. The number of anilines is 2. The fourth-order valence-corrected chi connectivity index (χ4v) is 2.22. The highest BCUT2D eigenvalue weighted by Gasteiger charge is 2.11. The van der Waals surface area contributed by atoms with Crippen molar-refractivity contribution in [3.05, 3.63) is 40.4 Å². The molecule has 0 aliphatic carbocycles. The van der Waals surface area contributed by atoms with Crippen LogP contribution in [0, 0.1) is 6.92 Å². The number of aromatic nitrogens is 1. The molecular formula is C13H13N3O3S. The zero-order chi connectivity index (χ0) is 14.7. The smallest absolute Gasteiger partial charge is 0.335 e. The van der Waals surface area contributed by atoms with Crippen LogP contribution in [0.1, 0.15) is 21.6 Å². The van der Waals surface area contributed by atoms with Crippen LogP contribution in [-0.4, -0.2) is 22.0 Å². The van der Waals surface area contributed by atoms with E-state index in [4.69, 9.17) is 10.8 Å². The minimum Gasteiger partial charge on any atom is -0.478 e. The van der Waals surface area contributed by atoms with Gasteiger partial charge in [-0.2, -0.15) is 0 Å². The van der Waals surface area contributed by atoms with Gasteiger partial charge in [0.05, 0.1) is 17.7 Å². The molecule has 2 rings (SSSR count). The molecule has 20 heavy (non-hydrogen) atoms. The van der Waals surface area contributed by atoms with Crippen molar-refractivity contribution >= 4 is 34.0 Å². The monoisotopic (exact) mass is 291 g/mol. The zero-order valence-corrected chi connectivity index (χ0v) is 11.5. The molecule has 1 aromatic heterocycles. The highest BCUT2D eigenvalue weighted by atomic mass is 32.1. The SMILES string of the molecule is Cc1ccc(C(=O)O)cc1NC(=O)Cc1csc(N)n1. The Morgan fingerprint density at radius 1 is 1.45 bits per heavy atom. The molecule has 1 amide bonds. The average molecular weight is 291 g/mol. The second-order valence-corrected chi connectivity index (χ2v) is 5.13. The Hall–Kier alpha value is -2.41. The lowest BCUT2D eigenvalue weighted by atomic mass is 10.1. The van der Waals surface area contributed by atoms with Gasteiger partial charge in [0.1, 0.15) is 0 Å². The summed E-state index contributed by atoms with van der Waals surface area (Å²) in [5.41, 5.74) is 7.49. The van der Waals surface area contributed by atoms with Gasteiger partial charge >= 0.3 is 5.97 Å². The predicted molar refractivity (Wildman–Crippen MR) is 77.0 cm³/mol. The number of rotatable bonds is 4. The summed E-state index contributed by atoms with van der Waals surface area (Å²) in [6, 6.07) is 4.58. The van der Waals surface area contributed by atoms with E-state index < -0.39 is 5.97 Å². The number of carboxylic acid groups (broad SMARTS) is 1. The van der Waals surface area contributed by atoms with Gasteiger partial charge in [0.2, 0.25) is 5.91 Å². The highest BCUT2D eigenvalue weighted by Crippen LogP contribution is 2.18. The van der Waals surface area contributed by atoms with Gasteiger partial charge in [0.25, 0.3) is 0 Å². The summed E-state index contributed by atoms with van der Waals surface area (Å²) in [6.07, 6.45) is 0.102. The van der Waals surface area contributed by atoms with Gasteiger partial charge in [-0.25, -0.2) is 9.78 Å². The number of thiazole rings is 1. The number of carboxylic acids is 1. The first kappa shape index (κ1) is 14.0. The Balaban J connectivity index is 2.11. The summed E-state index contributed by atoms with van der Waals surface area (Å²) >= 11 is 1.27. The number of hydrogen-bond donors (Lipinski definition) is 3. The maximum atomic E-state index is 11.9. The van der Waals surface area contributed by atoms with E-state index in [0.29, 0.717) is 16.5 Å². The van der Waals surface area contributed by atoms with E-state index in [1.54, 1.807) is 18.4 Å². The molecule has 2 aromatic rings. The molecule has 0 radical (unpaired) electrons. The van der Waals surface area contributed by atoms with Crippen LogP contribution in [0.25, 0.3) is 0 Å². The molecule has 0 unspecified atom stereocenters. The zero-order valence-electron chi connectivity index (χ0n) is 10.7. The van der Waals surface area contributed by atoms with Gasteiger partial charge < -0.3 is 16.2 Å². The molecule has 1 aromatic carbocycles. The topological polar surface area (TPSA) is 105 Å². The summed E-state index contributed by atoms with van der Waals surface area (Å²) < 4.78 is 0. The van der Waals surface area contributed by atoms with Crippen molar-refractivity contribution in [2.75, 3.05) is 11.1 Å². The number of nitrogens with two attached hydrogens (primary N) is 1. The van der Waals surface area contributed by atoms with Crippen LogP contribution >= 0.6 is 11.3 Å². The number of carbonyl (C=O) groups excluding carboxylic acids is 1. The van der Waals surface area contributed by atoms with Crippen LogP contribution in [-0.2, 0) is 11.2 Å². The van der Waals surface area contributed by atoms with Crippen molar-refractivity contribution in [1.29, 1.82) is 0 Å². The number of benzene rings is 1. The number of nitrogen functional groups attached to an aromatic ring is 1. The van der Waals surface area contributed by atoms with Crippen molar-refractivity contribution in [1.82, 2.24) is 4.98 Å². The Morgan fingerprint density at radius 3 is 2.80 bits per heavy atom. The first-order chi connectivity index (χ1) is 9.45. The van der Waals surface area contributed by atoms with E-state index >= 15 is 0 Å². The van der Waals surface area contributed by atoms with Gasteiger partial charge in [0, 0.05) is 11.1 Å². The minimum atomic E-state index is -1.03. The lowest BCUT2D eigenvalue weighted by Crippen LogP contribution is -2.16. The number of hydrogen-bond acceptors (Lipinski definition) is 5. The molecule has 4 N–H and O–H groups in total. The third kappa shape index (κ3) is 3.33. The molecule has 0 fully saturated rings. The second-order valence-electron chi connectivity index (χ2n) is 4.24. The molecule has 0 saturated heterocycles. The maximum absolute atomic E-state index is 11.9. The lowest BCUT2D eigenvalue weighted by molar-refractivity contribution is -0.115. The van der Waals surface area contributed by atoms with Crippen LogP contribution in [0.15, 0.2) is 23.6 Å². The standard InChI is InChI=1S/C13H13N3O3S/c1-7-2-3-8(12(18)19)4-10(7)16-11(17)5-9-6-20-13(14)15-9/h2-4,6H,5H2,1H3,(H2,14,15)(H,16,17)(H,18,19). The van der Waals surface area contributed by atoms with E-state index in [1.165, 1.54) is 23.5 Å². The summed E-state index contributed by atoms with van der Waals surface area (Å²) in [5, 5.41) is 13.8. The van der Waals surface area contributed by atoms with E-state index in [-0.39, 0.29) is 17.9 Å². The number of nitrogens with zero attached hydrogens (tertiary/aromatic N) is 1. The number of amides is 1. The summed E-state index contributed by atoms with van der Waals surface area (Å²) in [4.78, 5) is 26.8. The Morgan fingerprint density at radius 2 is 2.20 bits per heavy atom. The molecule has 0 aliphatic rings. The number of carbonyl (C=O) groups is 2. The first-order valence-electron chi connectivity index (χ1n) is 5.79. The molecule has 0 spiro atoms. The molecule has 0 atom stereocenters. The molecule has 7 heteroatoms. The summed E-state index contributed by atoms with van der Waals surface area (Å²) in [5.74, 6) is -1.30. The van der Waals surface area contributed by atoms with Crippen LogP contribution in [0.3, 0.4) is 0 Å². The molecule has 6 nitrogen and oxygen atoms in total. The fourth-order valence-electron chi connectivity index (χ4n) is 1.65. The summed E-state index contributed by atoms with van der Waals surface area (Å²) in [6.45, 7) is 1.79. The van der Waals surface area contributed by atoms with E-state index in [2.05, 4.69) is 10.3 Å². The third-order valence-corrected chi connectivity index (χ3v) is 3.39. The van der Waals surface area contributed by atoms with Crippen molar-refractivity contribution in [2.24, 2.45) is 0 Å². The third-order valence-electron chi connectivity index (χ3n) is 2.67. The normalized spacial score (nSPS) is 10.2. The first-order valence-corrected chi connectivity index (χ1v) is 6.67. The van der Waals surface area contributed by atoms with Gasteiger partial charge in [0.15, 0.2) is 5.13 Å². The highest BCUT2D eigenvalue weighted by molar-refractivity contribution is 7.13. The predicted octanol–water partition coefficient (Wildman–Crippen LogP) is 1.91. The number of nitrogens with one attached hydrogen (secondary N) is 1. The van der Waals surface area contributed by atoms with Gasteiger partial charge in [-0.15, -0.1) is 11.3 Å². The van der Waals surface area contributed by atoms with E-state index in [9.17, 15) is 9.59 Å². The van der Waals surface area contributed by atoms with Crippen molar-refractivity contribution in [2.45, 2.75) is 13.3 Å². The van der Waals surface area contributed by atoms with Gasteiger partial charge in [-0.3, -0.25) is 4.79 Å². The average Bonchev–Trinajstić information content (AvgIpc) is 2.77. The molecule has 0 saturated carbocycles. The van der Waals surface area contributed by atoms with Crippen molar-refractivity contribution in [3.8, 4) is 0 Å². The Labute approximate surface area is 119 Å². The van der Waals surface area contributed by atoms with E-state index in [1.807, 2.05) is 0 Å². The Kier molecular flexibility index (Phi) is 3.99. The second kappa shape index (κ2) is 5.70. The van der Waals surface area contributed by atoms with E-state index in [0.717, 1.165) is 5.56 Å². The van der Waals surface area contributed by atoms with Crippen molar-refractivity contribution in [3.63, 3.8) is 0 Å². The largest absolute Gasteiger partial charge is 0.478 e. The number of aromatic carboxylic acids is 1. The molecular weight excluding hydrogens is 278 g/mol. The van der Waals surface area contributed by atoms with Gasteiger partial charge in [-0.1, -0.05) is 6.07 Å². The molecule has 0 bridgehead atoms. The number of aryl methyl sites for hydroxylation is 1.